The molecule has 5 nitrogen and oxygen atoms in total. The maximum absolute atomic E-state index is 12.7. The standard InChI is InChI=1S/C19H23F3N4O/c1-13-4-2-7-16-17(13)26(18(27)25-16)11-10-23-8-9-24-15-6-3-5-14(12-15)19(20,21)22/h2-3,5-7,12-13,23-24H,4,8-11H2,1H3,(H,25,27). The molecule has 1 aliphatic carbocycles. The number of hydrogen-bond acceptors (Lipinski definition) is 3. The van der Waals surface area contributed by atoms with Crippen LogP contribution in [0.2, 0.25) is 0 Å². The number of hydrogen-bond donors (Lipinski definition) is 3. The molecule has 0 spiro atoms. The molecule has 3 rings (SSSR count). The van der Waals surface area contributed by atoms with Crippen LogP contribution in [-0.2, 0) is 12.7 Å². The van der Waals surface area contributed by atoms with Crippen LogP contribution >= 0.6 is 0 Å². The minimum Gasteiger partial charge on any atom is -0.384 e. The molecule has 0 saturated carbocycles. The van der Waals surface area contributed by atoms with Gasteiger partial charge in [-0.2, -0.15) is 13.2 Å². The summed E-state index contributed by atoms with van der Waals surface area (Å²) in [7, 11) is 0. The lowest BCUT2D eigenvalue weighted by Gasteiger charge is -2.17. The monoisotopic (exact) mass is 380 g/mol. The Morgan fingerprint density at radius 3 is 2.85 bits per heavy atom. The van der Waals surface area contributed by atoms with Crippen molar-refractivity contribution in [2.75, 3.05) is 25.0 Å². The Hall–Kier alpha value is -2.48. The molecule has 3 N–H and O–H groups in total. The van der Waals surface area contributed by atoms with Crippen LogP contribution in [0.4, 0.5) is 18.9 Å². The Morgan fingerprint density at radius 1 is 1.26 bits per heavy atom. The molecule has 0 radical (unpaired) electrons. The van der Waals surface area contributed by atoms with Crippen molar-refractivity contribution in [2.45, 2.75) is 32.0 Å². The van der Waals surface area contributed by atoms with Crippen molar-refractivity contribution in [3.63, 3.8) is 0 Å². The van der Waals surface area contributed by atoms with E-state index < -0.39 is 11.7 Å². The first-order chi connectivity index (χ1) is 12.9. The fourth-order valence-electron chi connectivity index (χ4n) is 3.30. The summed E-state index contributed by atoms with van der Waals surface area (Å²) >= 11 is 0. The lowest BCUT2D eigenvalue weighted by Crippen LogP contribution is -2.30. The summed E-state index contributed by atoms with van der Waals surface area (Å²) in [6, 6.07) is 5.14. The molecular formula is C19H23F3N4O. The van der Waals surface area contributed by atoms with E-state index in [1.807, 2.05) is 6.08 Å². The molecule has 0 fully saturated rings. The molecule has 1 aliphatic rings. The number of aromatic nitrogens is 2. The van der Waals surface area contributed by atoms with Gasteiger partial charge in [-0.3, -0.25) is 4.57 Å². The highest BCUT2D eigenvalue weighted by Gasteiger charge is 2.30. The zero-order chi connectivity index (χ0) is 19.4. The minimum atomic E-state index is -4.34. The first-order valence-corrected chi connectivity index (χ1v) is 8.97. The van der Waals surface area contributed by atoms with Gasteiger partial charge in [0.25, 0.3) is 0 Å². The van der Waals surface area contributed by atoms with E-state index in [0.29, 0.717) is 37.8 Å². The van der Waals surface area contributed by atoms with E-state index in [0.717, 1.165) is 29.9 Å². The van der Waals surface area contributed by atoms with Crippen molar-refractivity contribution in [1.29, 1.82) is 0 Å². The Morgan fingerprint density at radius 2 is 2.07 bits per heavy atom. The van der Waals surface area contributed by atoms with Gasteiger partial charge in [0.15, 0.2) is 0 Å². The first kappa shape index (κ1) is 19.3. The molecule has 1 aromatic heterocycles. The van der Waals surface area contributed by atoms with E-state index in [2.05, 4.69) is 28.6 Å². The summed E-state index contributed by atoms with van der Waals surface area (Å²) in [5.74, 6) is 0.298. The Bertz CT molecular complexity index is 867. The van der Waals surface area contributed by atoms with Gasteiger partial charge in [-0.25, -0.2) is 4.79 Å². The second-order valence-corrected chi connectivity index (χ2v) is 6.68. The van der Waals surface area contributed by atoms with Gasteiger partial charge in [0, 0.05) is 43.5 Å². The molecule has 0 aliphatic heterocycles. The molecule has 2 aromatic rings. The van der Waals surface area contributed by atoms with Crippen molar-refractivity contribution in [1.82, 2.24) is 14.9 Å². The van der Waals surface area contributed by atoms with E-state index in [4.69, 9.17) is 0 Å². The van der Waals surface area contributed by atoms with E-state index >= 15 is 0 Å². The summed E-state index contributed by atoms with van der Waals surface area (Å²) in [6.45, 7) is 4.31. The highest BCUT2D eigenvalue weighted by Crippen LogP contribution is 2.30. The van der Waals surface area contributed by atoms with Crippen LogP contribution in [0.3, 0.4) is 0 Å². The lowest BCUT2D eigenvalue weighted by atomic mass is 9.97. The Kier molecular flexibility index (Phi) is 5.74. The summed E-state index contributed by atoms with van der Waals surface area (Å²) in [4.78, 5) is 15.0. The van der Waals surface area contributed by atoms with Crippen LogP contribution in [0, 0.1) is 0 Å². The van der Waals surface area contributed by atoms with E-state index in [1.165, 1.54) is 6.07 Å². The molecule has 0 bridgehead atoms. The summed E-state index contributed by atoms with van der Waals surface area (Å²) in [5, 5.41) is 6.18. The number of nitrogens with zero attached hydrogens (tertiary/aromatic N) is 1. The fraction of sp³-hybridized carbons (Fsp3) is 0.421. The number of nitrogens with one attached hydrogen (secondary N) is 3. The minimum absolute atomic E-state index is 0.109. The second kappa shape index (κ2) is 8.04. The average Bonchev–Trinajstić information content (AvgIpc) is 2.94. The predicted octanol–water partition coefficient (Wildman–Crippen LogP) is 3.42. The number of imidazole rings is 1. The van der Waals surface area contributed by atoms with Gasteiger partial charge in [0.05, 0.1) is 11.3 Å². The topological polar surface area (TPSA) is 61.9 Å². The largest absolute Gasteiger partial charge is 0.416 e. The van der Waals surface area contributed by atoms with Gasteiger partial charge in [-0.15, -0.1) is 0 Å². The number of halogens is 3. The summed E-state index contributed by atoms with van der Waals surface area (Å²) in [6.07, 6.45) is 0.578. The second-order valence-electron chi connectivity index (χ2n) is 6.68. The van der Waals surface area contributed by atoms with Crippen molar-refractivity contribution in [2.24, 2.45) is 0 Å². The smallest absolute Gasteiger partial charge is 0.384 e. The third-order valence-electron chi connectivity index (χ3n) is 4.63. The number of allylic oxidation sites excluding steroid dienone is 1. The predicted molar refractivity (Wildman–Crippen MR) is 99.9 cm³/mol. The number of anilines is 1. The van der Waals surface area contributed by atoms with E-state index in [-0.39, 0.29) is 5.69 Å². The van der Waals surface area contributed by atoms with Crippen LogP contribution < -0.4 is 16.3 Å². The summed E-state index contributed by atoms with van der Waals surface area (Å²) in [5.41, 5.74) is 1.57. The molecule has 146 valence electrons. The number of alkyl halides is 3. The lowest BCUT2D eigenvalue weighted by molar-refractivity contribution is -0.137. The molecule has 1 heterocycles. The van der Waals surface area contributed by atoms with E-state index in [9.17, 15) is 18.0 Å². The van der Waals surface area contributed by atoms with Gasteiger partial charge in [0.1, 0.15) is 0 Å². The first-order valence-electron chi connectivity index (χ1n) is 8.97. The van der Waals surface area contributed by atoms with E-state index in [1.54, 1.807) is 10.6 Å². The van der Waals surface area contributed by atoms with Crippen molar-refractivity contribution in [3.05, 3.63) is 57.8 Å². The number of aromatic amines is 1. The Labute approximate surface area is 155 Å². The van der Waals surface area contributed by atoms with Gasteiger partial charge in [-0.1, -0.05) is 19.1 Å². The average molecular weight is 380 g/mol. The number of H-pyrrole nitrogens is 1. The molecule has 0 saturated heterocycles. The quantitative estimate of drug-likeness (QED) is 0.645. The molecular weight excluding hydrogens is 357 g/mol. The highest BCUT2D eigenvalue weighted by molar-refractivity contribution is 5.51. The third kappa shape index (κ3) is 4.63. The van der Waals surface area contributed by atoms with Crippen molar-refractivity contribution >= 4 is 11.8 Å². The number of rotatable bonds is 7. The fourth-order valence-corrected chi connectivity index (χ4v) is 3.30. The van der Waals surface area contributed by atoms with Crippen molar-refractivity contribution < 1.29 is 13.2 Å². The maximum atomic E-state index is 12.7. The molecule has 1 unspecified atom stereocenters. The van der Waals surface area contributed by atoms with Crippen LogP contribution in [0.15, 0.2) is 35.1 Å². The molecule has 1 atom stereocenters. The van der Waals surface area contributed by atoms with Crippen LogP contribution in [-0.4, -0.2) is 29.2 Å². The normalized spacial score (nSPS) is 16.4. The number of benzene rings is 1. The highest BCUT2D eigenvalue weighted by atomic mass is 19.4. The zero-order valence-electron chi connectivity index (χ0n) is 15.1. The zero-order valence-corrected chi connectivity index (χ0v) is 15.1. The van der Waals surface area contributed by atoms with Crippen LogP contribution in [0.1, 0.15) is 36.2 Å². The molecule has 1 aromatic carbocycles. The molecule has 0 amide bonds. The van der Waals surface area contributed by atoms with Gasteiger partial charge in [0.2, 0.25) is 0 Å². The van der Waals surface area contributed by atoms with Gasteiger partial charge < -0.3 is 15.6 Å². The number of fused-ring (bicyclic) bond motifs is 1. The molecule has 8 heteroatoms. The Balaban J connectivity index is 1.45. The van der Waals surface area contributed by atoms with Crippen molar-refractivity contribution in [3.8, 4) is 0 Å². The molecule has 27 heavy (non-hydrogen) atoms. The summed E-state index contributed by atoms with van der Waals surface area (Å²) < 4.78 is 39.9. The third-order valence-corrected chi connectivity index (χ3v) is 4.63. The van der Waals surface area contributed by atoms with Gasteiger partial charge >= 0.3 is 11.9 Å². The maximum Gasteiger partial charge on any atom is 0.416 e. The van der Waals surface area contributed by atoms with Gasteiger partial charge in [-0.05, 0) is 30.7 Å². The SMILES string of the molecule is CC1CC=Cc2[nH]c(=O)n(CCNCCNc3cccc(C(F)(F)F)c3)c21. The van der Waals surface area contributed by atoms with Crippen LogP contribution in [0.25, 0.3) is 6.08 Å². The van der Waals surface area contributed by atoms with Crippen LogP contribution in [0.5, 0.6) is 0 Å².